The lowest BCUT2D eigenvalue weighted by atomic mass is 10.1. The molecule has 0 aliphatic rings. The van der Waals surface area contributed by atoms with Crippen LogP contribution >= 0.6 is 0 Å². The summed E-state index contributed by atoms with van der Waals surface area (Å²) in [5, 5.41) is 7.07. The number of rotatable bonds is 11. The number of benzene rings is 2. The second-order valence-corrected chi connectivity index (χ2v) is 9.19. The zero-order valence-corrected chi connectivity index (χ0v) is 22.2. The van der Waals surface area contributed by atoms with Gasteiger partial charge < -0.3 is 20.1 Å². The molecule has 0 saturated carbocycles. The van der Waals surface area contributed by atoms with Crippen molar-refractivity contribution in [2.45, 2.75) is 41.0 Å². The van der Waals surface area contributed by atoms with Gasteiger partial charge in [-0.3, -0.25) is 4.57 Å². The second kappa shape index (κ2) is 11.4. The first-order valence-electron chi connectivity index (χ1n) is 12.6. The molecule has 190 valence electrons. The molecule has 2 aromatic carbocycles. The first-order chi connectivity index (χ1) is 17.4. The molecule has 7 nitrogen and oxygen atoms in total. The lowest BCUT2D eigenvalue weighted by Gasteiger charge is -2.14. The highest BCUT2D eigenvalue weighted by molar-refractivity contribution is 5.87. The van der Waals surface area contributed by atoms with Crippen LogP contribution in [-0.4, -0.2) is 47.9 Å². The Bertz CT molecular complexity index is 1320. The maximum Gasteiger partial charge on any atom is 0.166 e. The molecule has 0 atom stereocenters. The summed E-state index contributed by atoms with van der Waals surface area (Å²) >= 11 is 0. The fourth-order valence-electron chi connectivity index (χ4n) is 4.75. The Balaban J connectivity index is 1.37. The lowest BCUT2D eigenvalue weighted by Crippen LogP contribution is -2.24. The average Bonchev–Trinajstić information content (AvgIpc) is 3.24. The van der Waals surface area contributed by atoms with Crippen molar-refractivity contribution in [2.24, 2.45) is 0 Å². The van der Waals surface area contributed by atoms with E-state index in [0.717, 1.165) is 65.8 Å². The summed E-state index contributed by atoms with van der Waals surface area (Å²) < 4.78 is 13.2. The average molecular weight is 488 g/mol. The number of pyridine rings is 1. The number of fused-ring (bicyclic) bond motifs is 1. The Labute approximate surface area is 213 Å². The van der Waals surface area contributed by atoms with E-state index in [1.807, 2.05) is 26.2 Å². The molecular formula is C29H37N5O2. The minimum atomic E-state index is 0.624. The minimum Gasteiger partial charge on any atom is -0.493 e. The van der Waals surface area contributed by atoms with Crippen molar-refractivity contribution < 1.29 is 9.47 Å². The van der Waals surface area contributed by atoms with Crippen LogP contribution in [0.3, 0.4) is 0 Å². The second-order valence-electron chi connectivity index (χ2n) is 9.19. The Morgan fingerprint density at radius 3 is 2.42 bits per heavy atom. The Morgan fingerprint density at radius 2 is 1.69 bits per heavy atom. The van der Waals surface area contributed by atoms with Crippen molar-refractivity contribution in [2.75, 3.05) is 38.7 Å². The van der Waals surface area contributed by atoms with Gasteiger partial charge in [0.15, 0.2) is 17.1 Å². The van der Waals surface area contributed by atoms with Gasteiger partial charge in [-0.05, 0) is 82.5 Å². The number of aryl methyl sites for hydroxylation is 4. The van der Waals surface area contributed by atoms with E-state index in [9.17, 15) is 0 Å². The number of ether oxygens (including phenoxy) is 2. The van der Waals surface area contributed by atoms with Crippen LogP contribution in [0, 0.1) is 27.7 Å². The van der Waals surface area contributed by atoms with Crippen LogP contribution < -0.4 is 20.1 Å². The Kier molecular flexibility index (Phi) is 8.10. The van der Waals surface area contributed by atoms with Crippen molar-refractivity contribution in [1.82, 2.24) is 19.9 Å². The molecule has 0 fully saturated rings. The summed E-state index contributed by atoms with van der Waals surface area (Å²) in [6.45, 7) is 13.6. The van der Waals surface area contributed by atoms with E-state index in [1.54, 1.807) is 7.11 Å². The molecule has 2 heterocycles. The molecule has 0 aliphatic heterocycles. The molecular weight excluding hydrogens is 450 g/mol. The van der Waals surface area contributed by atoms with Crippen LogP contribution in [0.25, 0.3) is 16.9 Å². The molecule has 0 amide bonds. The predicted molar refractivity (Wildman–Crippen MR) is 147 cm³/mol. The molecule has 4 rings (SSSR count). The smallest absolute Gasteiger partial charge is 0.166 e. The third-order valence-electron chi connectivity index (χ3n) is 6.24. The van der Waals surface area contributed by atoms with Crippen LogP contribution in [0.1, 0.15) is 34.9 Å². The molecule has 0 radical (unpaired) electrons. The third-order valence-corrected chi connectivity index (χ3v) is 6.24. The molecule has 36 heavy (non-hydrogen) atoms. The van der Waals surface area contributed by atoms with Crippen LogP contribution in [0.5, 0.6) is 11.5 Å². The van der Waals surface area contributed by atoms with Crippen LogP contribution in [0.2, 0.25) is 0 Å². The van der Waals surface area contributed by atoms with Crippen molar-refractivity contribution >= 4 is 16.9 Å². The fourth-order valence-corrected chi connectivity index (χ4v) is 4.75. The normalized spacial score (nSPS) is 11.2. The molecule has 4 aromatic rings. The summed E-state index contributed by atoms with van der Waals surface area (Å²) in [5.74, 6) is 1.57. The zero-order valence-electron chi connectivity index (χ0n) is 22.2. The van der Waals surface area contributed by atoms with E-state index < -0.39 is 0 Å². The predicted octanol–water partition coefficient (Wildman–Crippen LogP) is 5.31. The van der Waals surface area contributed by atoms with E-state index in [-0.39, 0.29) is 0 Å². The summed E-state index contributed by atoms with van der Waals surface area (Å²) in [6.07, 6.45) is 2.80. The quantitative estimate of drug-likeness (QED) is 0.280. The number of hydrogen-bond acceptors (Lipinski definition) is 6. The van der Waals surface area contributed by atoms with E-state index in [2.05, 4.69) is 66.3 Å². The number of hydrogen-bond donors (Lipinski definition) is 2. The molecule has 2 N–H and O–H groups in total. The molecule has 7 heteroatoms. The lowest BCUT2D eigenvalue weighted by molar-refractivity contribution is 0.310. The van der Waals surface area contributed by atoms with E-state index in [0.29, 0.717) is 6.61 Å². The Hall–Kier alpha value is -3.58. The van der Waals surface area contributed by atoms with E-state index in [4.69, 9.17) is 19.4 Å². The number of anilines is 1. The van der Waals surface area contributed by atoms with Crippen LogP contribution in [-0.2, 0) is 6.42 Å². The Morgan fingerprint density at radius 1 is 0.917 bits per heavy atom. The molecule has 0 saturated heterocycles. The summed E-state index contributed by atoms with van der Waals surface area (Å²) in [4.78, 5) is 9.55. The van der Waals surface area contributed by atoms with Gasteiger partial charge in [0, 0.05) is 18.8 Å². The van der Waals surface area contributed by atoms with Gasteiger partial charge in [-0.2, -0.15) is 0 Å². The highest BCUT2D eigenvalue weighted by Gasteiger charge is 2.15. The fraction of sp³-hybridized carbons (Fsp3) is 0.379. The van der Waals surface area contributed by atoms with E-state index >= 15 is 0 Å². The number of aromatic nitrogens is 3. The molecule has 0 bridgehead atoms. The van der Waals surface area contributed by atoms with E-state index in [1.165, 1.54) is 22.3 Å². The van der Waals surface area contributed by atoms with Crippen LogP contribution in [0.15, 0.2) is 42.7 Å². The van der Waals surface area contributed by atoms with Gasteiger partial charge in [0.1, 0.15) is 11.8 Å². The molecule has 0 spiro atoms. The van der Waals surface area contributed by atoms with Crippen molar-refractivity contribution in [3.63, 3.8) is 0 Å². The van der Waals surface area contributed by atoms with Gasteiger partial charge in [-0.1, -0.05) is 23.8 Å². The van der Waals surface area contributed by atoms with Crippen molar-refractivity contribution in [3.05, 3.63) is 70.7 Å². The number of nitrogens with zero attached hydrogens (tertiary/aromatic N) is 3. The van der Waals surface area contributed by atoms with Gasteiger partial charge >= 0.3 is 0 Å². The first kappa shape index (κ1) is 25.5. The molecule has 0 unspecified atom stereocenters. The molecule has 2 aromatic heterocycles. The van der Waals surface area contributed by atoms with Gasteiger partial charge in [-0.25, -0.2) is 9.97 Å². The van der Waals surface area contributed by atoms with Crippen molar-refractivity contribution in [3.8, 4) is 17.2 Å². The van der Waals surface area contributed by atoms with Gasteiger partial charge in [0.05, 0.1) is 25.1 Å². The summed E-state index contributed by atoms with van der Waals surface area (Å²) in [5.41, 5.74) is 9.82. The van der Waals surface area contributed by atoms with Crippen molar-refractivity contribution in [1.29, 1.82) is 0 Å². The topological polar surface area (TPSA) is 73.2 Å². The summed E-state index contributed by atoms with van der Waals surface area (Å²) in [6, 6.07) is 12.6. The first-order valence-corrected chi connectivity index (χ1v) is 12.6. The van der Waals surface area contributed by atoms with Crippen LogP contribution in [0.4, 0.5) is 5.69 Å². The maximum atomic E-state index is 5.60. The standard InChI is InChI=1S/C29H37N5O2/c1-7-36-25-9-8-23(17-26(25)35-6)10-11-30-12-13-31-24-16-22(5)33-29-27(24)32-18-34(29)28-20(3)14-19(2)15-21(28)4/h8-9,14-18,30H,7,10-13H2,1-6H3,(H,31,33). The summed E-state index contributed by atoms with van der Waals surface area (Å²) in [7, 11) is 1.68. The highest BCUT2D eigenvalue weighted by Crippen LogP contribution is 2.29. The minimum absolute atomic E-state index is 0.624. The molecule has 0 aliphatic carbocycles. The maximum absolute atomic E-state index is 5.60. The SMILES string of the molecule is CCOc1ccc(CCNCCNc2cc(C)nc3c2ncn3-c2c(C)cc(C)cc2C)cc1OC. The monoisotopic (exact) mass is 487 g/mol. The largest absolute Gasteiger partial charge is 0.493 e. The van der Waals surface area contributed by atoms with Gasteiger partial charge in [0.25, 0.3) is 0 Å². The van der Waals surface area contributed by atoms with Gasteiger partial charge in [-0.15, -0.1) is 0 Å². The van der Waals surface area contributed by atoms with Gasteiger partial charge in [0.2, 0.25) is 0 Å². The zero-order chi connectivity index (χ0) is 25.7. The third kappa shape index (κ3) is 5.62. The highest BCUT2D eigenvalue weighted by atomic mass is 16.5. The number of methoxy groups -OCH3 is 1. The number of imidazole rings is 1. The number of nitrogens with one attached hydrogen (secondary N) is 2.